The Balaban J connectivity index is 1.42. The number of carbonyl (C=O) groups excluding carboxylic acids is 1. The highest BCUT2D eigenvalue weighted by molar-refractivity contribution is 5.92. The minimum atomic E-state index is -0.328. The third kappa shape index (κ3) is 3.73. The zero-order valence-corrected chi connectivity index (χ0v) is 18.1. The van der Waals surface area contributed by atoms with Crippen molar-refractivity contribution in [3.63, 3.8) is 0 Å². The molecular weight excluding hydrogens is 411 g/mol. The maximum atomic E-state index is 13.3. The second-order valence-electron chi connectivity index (χ2n) is 8.33. The predicted octanol–water partition coefficient (Wildman–Crippen LogP) is 3.28. The van der Waals surface area contributed by atoms with Crippen LogP contribution in [0.25, 0.3) is 11.3 Å². The van der Waals surface area contributed by atoms with Crippen LogP contribution in [-0.4, -0.2) is 58.0 Å². The first-order chi connectivity index (χ1) is 15.5. The van der Waals surface area contributed by atoms with Gasteiger partial charge in [-0.15, -0.1) is 0 Å². The lowest BCUT2D eigenvalue weighted by Crippen LogP contribution is -2.33. The molecule has 0 aliphatic carbocycles. The van der Waals surface area contributed by atoms with Crippen LogP contribution in [0.15, 0.2) is 34.9 Å². The molecular formula is C23H25FN6O2. The van der Waals surface area contributed by atoms with Crippen molar-refractivity contribution in [2.75, 3.05) is 32.5 Å². The van der Waals surface area contributed by atoms with Crippen molar-refractivity contribution in [3.05, 3.63) is 59.0 Å². The number of likely N-dealkylation sites (N-methyl/N-ethyl adjacent to an activating group) is 1. The van der Waals surface area contributed by atoms with Crippen LogP contribution < -0.4 is 5.32 Å². The molecule has 1 atom stereocenters. The van der Waals surface area contributed by atoms with Crippen molar-refractivity contribution in [3.8, 4) is 11.3 Å². The van der Waals surface area contributed by atoms with E-state index in [4.69, 9.17) is 14.5 Å². The molecule has 5 rings (SSSR count). The van der Waals surface area contributed by atoms with Crippen molar-refractivity contribution in [1.29, 1.82) is 0 Å². The summed E-state index contributed by atoms with van der Waals surface area (Å²) >= 11 is 0. The van der Waals surface area contributed by atoms with E-state index in [0.717, 1.165) is 49.4 Å². The Labute approximate surface area is 185 Å². The van der Waals surface area contributed by atoms with Crippen LogP contribution in [0.2, 0.25) is 0 Å². The second kappa shape index (κ2) is 8.31. The van der Waals surface area contributed by atoms with Gasteiger partial charge in [0.1, 0.15) is 17.3 Å². The largest absolute Gasteiger partial charge is 0.373 e. The summed E-state index contributed by atoms with van der Waals surface area (Å²) in [6.07, 6.45) is 2.56. The van der Waals surface area contributed by atoms with Crippen LogP contribution in [0.3, 0.4) is 0 Å². The Morgan fingerprint density at radius 2 is 2.03 bits per heavy atom. The van der Waals surface area contributed by atoms with Crippen LogP contribution in [0.1, 0.15) is 46.5 Å². The first-order valence-corrected chi connectivity index (χ1v) is 10.8. The highest BCUT2D eigenvalue weighted by Crippen LogP contribution is 2.34. The van der Waals surface area contributed by atoms with E-state index in [1.54, 1.807) is 23.1 Å². The quantitative estimate of drug-likeness (QED) is 0.672. The number of benzene rings is 1. The number of hydrogen-bond acceptors (Lipinski definition) is 7. The number of hydrogen-bond donors (Lipinski definition) is 1. The number of aromatic nitrogens is 3. The van der Waals surface area contributed by atoms with Gasteiger partial charge < -0.3 is 19.6 Å². The summed E-state index contributed by atoms with van der Waals surface area (Å²) in [5.74, 6) is 1.09. The fourth-order valence-corrected chi connectivity index (χ4v) is 4.49. The fourth-order valence-electron chi connectivity index (χ4n) is 4.49. The van der Waals surface area contributed by atoms with Crippen molar-refractivity contribution in [1.82, 2.24) is 24.9 Å². The van der Waals surface area contributed by atoms with Gasteiger partial charge in [0.2, 0.25) is 5.76 Å². The molecule has 1 aromatic carbocycles. The van der Waals surface area contributed by atoms with Gasteiger partial charge in [0.25, 0.3) is 5.91 Å². The van der Waals surface area contributed by atoms with E-state index in [9.17, 15) is 9.18 Å². The number of halogens is 1. The average molecular weight is 436 g/mol. The van der Waals surface area contributed by atoms with Crippen molar-refractivity contribution >= 4 is 11.7 Å². The van der Waals surface area contributed by atoms with Crippen LogP contribution in [0, 0.1) is 5.82 Å². The summed E-state index contributed by atoms with van der Waals surface area (Å²) in [5.41, 5.74) is 3.36. The molecule has 1 amide bonds. The molecule has 2 aromatic heterocycles. The Morgan fingerprint density at radius 1 is 1.22 bits per heavy atom. The van der Waals surface area contributed by atoms with Gasteiger partial charge in [0.15, 0.2) is 5.82 Å². The molecule has 166 valence electrons. The molecule has 0 radical (unpaired) electrons. The lowest BCUT2D eigenvalue weighted by Gasteiger charge is -2.28. The van der Waals surface area contributed by atoms with Gasteiger partial charge in [-0.3, -0.25) is 4.79 Å². The molecule has 0 spiro atoms. The summed E-state index contributed by atoms with van der Waals surface area (Å²) in [6.45, 7) is 2.34. The number of likely N-dealkylation sites (tertiary alicyclic amines) is 1. The van der Waals surface area contributed by atoms with Crippen molar-refractivity contribution in [2.24, 2.45) is 0 Å². The molecule has 1 fully saturated rings. The molecule has 1 N–H and O–H groups in total. The third-order valence-electron chi connectivity index (χ3n) is 6.18. The standard InChI is InChI=1S/C23H25FN6O2/c1-25-21-16-9-11-29(2)13-18(16)26-22(27-21)19-4-3-10-30(19)23(31)20-12-17(28-32-20)14-5-7-15(24)8-6-14/h5-8,12,19H,3-4,9-11,13H2,1-2H3,(H,25,26,27)/t19-/m1/s1. The predicted molar refractivity (Wildman–Crippen MR) is 117 cm³/mol. The number of nitrogens with zero attached hydrogens (tertiary/aromatic N) is 5. The van der Waals surface area contributed by atoms with Gasteiger partial charge >= 0.3 is 0 Å². The SMILES string of the molecule is CNc1nc([C@H]2CCCN2C(=O)c2cc(-c3ccc(F)cc3)no2)nc2c1CCN(C)C2. The summed E-state index contributed by atoms with van der Waals surface area (Å²) < 4.78 is 18.6. The molecule has 0 bridgehead atoms. The van der Waals surface area contributed by atoms with Crippen molar-refractivity contribution in [2.45, 2.75) is 31.8 Å². The van der Waals surface area contributed by atoms with Gasteiger partial charge in [-0.05, 0) is 50.6 Å². The highest BCUT2D eigenvalue weighted by atomic mass is 19.1. The minimum absolute atomic E-state index is 0.155. The number of amides is 1. The summed E-state index contributed by atoms with van der Waals surface area (Å²) in [6, 6.07) is 7.31. The zero-order valence-electron chi connectivity index (χ0n) is 18.1. The molecule has 2 aliphatic heterocycles. The Morgan fingerprint density at radius 3 is 2.81 bits per heavy atom. The number of carbonyl (C=O) groups is 1. The third-order valence-corrected chi connectivity index (χ3v) is 6.18. The van der Waals surface area contributed by atoms with E-state index in [1.165, 1.54) is 12.1 Å². The molecule has 0 saturated carbocycles. The van der Waals surface area contributed by atoms with Crippen LogP contribution in [0.4, 0.5) is 10.2 Å². The van der Waals surface area contributed by atoms with E-state index in [1.807, 2.05) is 7.05 Å². The molecule has 2 aliphatic rings. The lowest BCUT2D eigenvalue weighted by atomic mass is 10.0. The van der Waals surface area contributed by atoms with Crippen LogP contribution >= 0.6 is 0 Å². The molecule has 8 nitrogen and oxygen atoms in total. The lowest BCUT2D eigenvalue weighted by molar-refractivity contribution is 0.0687. The molecule has 3 aromatic rings. The maximum absolute atomic E-state index is 13.3. The number of nitrogens with one attached hydrogen (secondary N) is 1. The van der Waals surface area contributed by atoms with E-state index in [0.29, 0.717) is 23.6 Å². The van der Waals surface area contributed by atoms with E-state index < -0.39 is 0 Å². The van der Waals surface area contributed by atoms with Gasteiger partial charge in [0, 0.05) is 43.9 Å². The highest BCUT2D eigenvalue weighted by Gasteiger charge is 2.35. The van der Waals surface area contributed by atoms with Gasteiger partial charge in [0.05, 0.1) is 11.7 Å². The molecule has 4 heterocycles. The summed E-state index contributed by atoms with van der Waals surface area (Å²) in [7, 11) is 3.95. The van der Waals surface area contributed by atoms with Gasteiger partial charge in [-0.1, -0.05) is 5.16 Å². The fraction of sp³-hybridized carbons (Fsp3) is 0.391. The minimum Gasteiger partial charge on any atom is -0.373 e. The zero-order chi connectivity index (χ0) is 22.2. The first-order valence-electron chi connectivity index (χ1n) is 10.8. The van der Waals surface area contributed by atoms with Crippen LogP contribution in [-0.2, 0) is 13.0 Å². The summed E-state index contributed by atoms with van der Waals surface area (Å²) in [4.78, 5) is 26.9. The first kappa shape index (κ1) is 20.6. The maximum Gasteiger partial charge on any atom is 0.293 e. The van der Waals surface area contributed by atoms with E-state index in [2.05, 4.69) is 22.4 Å². The summed E-state index contributed by atoms with van der Waals surface area (Å²) in [5, 5.41) is 7.21. The average Bonchev–Trinajstić information content (AvgIpc) is 3.48. The van der Waals surface area contributed by atoms with Gasteiger partial charge in [-0.25, -0.2) is 14.4 Å². The van der Waals surface area contributed by atoms with Crippen LogP contribution in [0.5, 0.6) is 0 Å². The Hall–Kier alpha value is -3.33. The number of rotatable bonds is 4. The van der Waals surface area contributed by atoms with E-state index in [-0.39, 0.29) is 23.5 Å². The van der Waals surface area contributed by atoms with Gasteiger partial charge in [-0.2, -0.15) is 0 Å². The smallest absolute Gasteiger partial charge is 0.293 e. The molecule has 32 heavy (non-hydrogen) atoms. The normalized spacial score (nSPS) is 18.6. The Kier molecular flexibility index (Phi) is 5.34. The van der Waals surface area contributed by atoms with E-state index >= 15 is 0 Å². The Bertz CT molecular complexity index is 1150. The monoisotopic (exact) mass is 436 g/mol. The number of fused-ring (bicyclic) bond motifs is 1. The molecule has 9 heteroatoms. The topological polar surface area (TPSA) is 87.4 Å². The van der Waals surface area contributed by atoms with Crippen molar-refractivity contribution < 1.29 is 13.7 Å². The molecule has 0 unspecified atom stereocenters. The second-order valence-corrected chi connectivity index (χ2v) is 8.33. The molecule has 1 saturated heterocycles. The number of anilines is 1.